The Morgan fingerprint density at radius 3 is 3.00 bits per heavy atom. The van der Waals surface area contributed by atoms with Crippen molar-refractivity contribution in [1.29, 1.82) is 0 Å². The van der Waals surface area contributed by atoms with Gasteiger partial charge < -0.3 is 9.72 Å². The van der Waals surface area contributed by atoms with Crippen molar-refractivity contribution in [2.75, 3.05) is 6.61 Å². The zero-order valence-corrected chi connectivity index (χ0v) is 7.50. The normalized spacial score (nSPS) is 26.5. The van der Waals surface area contributed by atoms with Crippen LogP contribution in [-0.4, -0.2) is 11.6 Å². The molecule has 1 aliphatic heterocycles. The maximum absolute atomic E-state index is 5.40. The molecule has 1 aliphatic rings. The highest BCUT2D eigenvalue weighted by Gasteiger charge is 2.41. The van der Waals surface area contributed by atoms with Gasteiger partial charge in [-0.05, 0) is 36.1 Å². The summed E-state index contributed by atoms with van der Waals surface area (Å²) in [5, 5.41) is 1.26. The number of rotatable bonds is 1. The van der Waals surface area contributed by atoms with E-state index in [1.807, 2.05) is 6.20 Å². The SMILES string of the molecule is CC1(c2ccc3[nH]ccc3c2)CO1. The Labute approximate surface area is 76.5 Å². The van der Waals surface area contributed by atoms with E-state index in [1.54, 1.807) is 0 Å². The molecule has 0 spiro atoms. The number of ether oxygens (including phenoxy) is 1. The lowest BCUT2D eigenvalue weighted by atomic mass is 10.0. The summed E-state index contributed by atoms with van der Waals surface area (Å²) in [5.41, 5.74) is 2.46. The second-order valence-electron chi connectivity index (χ2n) is 3.80. The van der Waals surface area contributed by atoms with Crippen LogP contribution in [0.25, 0.3) is 10.9 Å². The Kier molecular flexibility index (Phi) is 1.18. The van der Waals surface area contributed by atoms with Crippen molar-refractivity contribution in [3.63, 3.8) is 0 Å². The van der Waals surface area contributed by atoms with Gasteiger partial charge in [0, 0.05) is 11.7 Å². The predicted molar refractivity (Wildman–Crippen MR) is 51.6 cm³/mol. The quantitative estimate of drug-likeness (QED) is 0.659. The van der Waals surface area contributed by atoms with Crippen LogP contribution in [0.5, 0.6) is 0 Å². The fourth-order valence-electron chi connectivity index (χ4n) is 1.66. The molecule has 0 bridgehead atoms. The van der Waals surface area contributed by atoms with Crippen molar-refractivity contribution >= 4 is 10.9 Å². The van der Waals surface area contributed by atoms with Crippen LogP contribution in [0.3, 0.4) is 0 Å². The van der Waals surface area contributed by atoms with Gasteiger partial charge >= 0.3 is 0 Å². The highest BCUT2D eigenvalue weighted by molar-refractivity contribution is 5.80. The number of nitrogens with one attached hydrogen (secondary N) is 1. The highest BCUT2D eigenvalue weighted by Crippen LogP contribution is 2.38. The molecule has 0 saturated carbocycles. The van der Waals surface area contributed by atoms with E-state index in [4.69, 9.17) is 4.74 Å². The van der Waals surface area contributed by atoms with E-state index in [9.17, 15) is 0 Å². The van der Waals surface area contributed by atoms with Gasteiger partial charge in [-0.25, -0.2) is 0 Å². The molecular weight excluding hydrogens is 162 g/mol. The van der Waals surface area contributed by atoms with E-state index in [-0.39, 0.29) is 5.60 Å². The van der Waals surface area contributed by atoms with E-state index < -0.39 is 0 Å². The zero-order valence-electron chi connectivity index (χ0n) is 7.50. The average Bonchev–Trinajstić information content (AvgIpc) is 2.74. The Morgan fingerprint density at radius 2 is 2.23 bits per heavy atom. The lowest BCUT2D eigenvalue weighted by molar-refractivity contribution is 0.330. The summed E-state index contributed by atoms with van der Waals surface area (Å²) in [6, 6.07) is 8.52. The molecule has 0 amide bonds. The molecule has 1 atom stereocenters. The summed E-state index contributed by atoms with van der Waals surface area (Å²) in [4.78, 5) is 3.18. The third kappa shape index (κ3) is 0.988. The van der Waals surface area contributed by atoms with Gasteiger partial charge in [-0.2, -0.15) is 0 Å². The van der Waals surface area contributed by atoms with E-state index in [2.05, 4.69) is 36.2 Å². The van der Waals surface area contributed by atoms with Crippen LogP contribution in [0.4, 0.5) is 0 Å². The summed E-state index contributed by atoms with van der Waals surface area (Å²) < 4.78 is 5.40. The Bertz CT molecular complexity index is 454. The molecule has 0 radical (unpaired) electrons. The summed E-state index contributed by atoms with van der Waals surface area (Å²) in [5.74, 6) is 0. The number of aromatic amines is 1. The Hall–Kier alpha value is -1.28. The summed E-state index contributed by atoms with van der Waals surface area (Å²) in [6.07, 6.45) is 1.96. The van der Waals surface area contributed by atoms with Crippen molar-refractivity contribution in [2.45, 2.75) is 12.5 Å². The third-order valence-electron chi connectivity index (χ3n) is 2.74. The van der Waals surface area contributed by atoms with Crippen molar-refractivity contribution < 1.29 is 4.74 Å². The maximum atomic E-state index is 5.40. The van der Waals surface area contributed by atoms with E-state index in [1.165, 1.54) is 16.5 Å². The van der Waals surface area contributed by atoms with Crippen LogP contribution in [0.15, 0.2) is 30.5 Å². The first-order valence-corrected chi connectivity index (χ1v) is 4.50. The molecule has 2 nitrogen and oxygen atoms in total. The number of epoxide rings is 1. The fourth-order valence-corrected chi connectivity index (χ4v) is 1.66. The first-order valence-electron chi connectivity index (χ1n) is 4.50. The molecule has 1 aromatic heterocycles. The second kappa shape index (κ2) is 2.15. The van der Waals surface area contributed by atoms with Gasteiger partial charge in [0.2, 0.25) is 0 Å². The largest absolute Gasteiger partial charge is 0.365 e. The van der Waals surface area contributed by atoms with Crippen LogP contribution >= 0.6 is 0 Å². The van der Waals surface area contributed by atoms with Gasteiger partial charge in [0.05, 0.1) is 6.61 Å². The maximum Gasteiger partial charge on any atom is 0.114 e. The summed E-state index contributed by atoms with van der Waals surface area (Å²) in [7, 11) is 0. The number of aromatic nitrogens is 1. The average molecular weight is 173 g/mol. The van der Waals surface area contributed by atoms with E-state index >= 15 is 0 Å². The molecule has 0 aliphatic carbocycles. The molecule has 66 valence electrons. The first-order chi connectivity index (χ1) is 6.28. The van der Waals surface area contributed by atoms with Crippen molar-refractivity contribution in [2.24, 2.45) is 0 Å². The minimum absolute atomic E-state index is 0.00847. The lowest BCUT2D eigenvalue weighted by Crippen LogP contribution is -2.00. The molecule has 1 unspecified atom stereocenters. The molecule has 1 saturated heterocycles. The van der Waals surface area contributed by atoms with Crippen LogP contribution in [0.2, 0.25) is 0 Å². The summed E-state index contributed by atoms with van der Waals surface area (Å²) >= 11 is 0. The van der Waals surface area contributed by atoms with Crippen molar-refractivity contribution in [3.8, 4) is 0 Å². The third-order valence-corrected chi connectivity index (χ3v) is 2.74. The minimum atomic E-state index is -0.00847. The fraction of sp³-hybridized carbons (Fsp3) is 0.273. The molecule has 2 aromatic rings. The van der Waals surface area contributed by atoms with E-state index in [0.29, 0.717) is 0 Å². The van der Waals surface area contributed by atoms with Crippen LogP contribution in [0, 0.1) is 0 Å². The van der Waals surface area contributed by atoms with E-state index in [0.717, 1.165) is 6.61 Å². The number of benzene rings is 1. The molecule has 1 N–H and O–H groups in total. The van der Waals surface area contributed by atoms with Crippen LogP contribution in [-0.2, 0) is 10.3 Å². The molecule has 1 fully saturated rings. The topological polar surface area (TPSA) is 28.3 Å². The smallest absolute Gasteiger partial charge is 0.114 e. The molecular formula is C11H11NO. The van der Waals surface area contributed by atoms with Crippen LogP contribution in [0.1, 0.15) is 12.5 Å². The highest BCUT2D eigenvalue weighted by atomic mass is 16.6. The van der Waals surface area contributed by atoms with Gasteiger partial charge in [-0.15, -0.1) is 0 Å². The monoisotopic (exact) mass is 173 g/mol. The number of hydrogen-bond donors (Lipinski definition) is 1. The molecule has 2 heteroatoms. The molecule has 3 rings (SSSR count). The number of fused-ring (bicyclic) bond motifs is 1. The van der Waals surface area contributed by atoms with Crippen molar-refractivity contribution in [3.05, 3.63) is 36.0 Å². The zero-order chi connectivity index (χ0) is 8.89. The second-order valence-corrected chi connectivity index (χ2v) is 3.80. The molecule has 2 heterocycles. The number of hydrogen-bond acceptors (Lipinski definition) is 1. The minimum Gasteiger partial charge on any atom is -0.365 e. The van der Waals surface area contributed by atoms with Gasteiger partial charge in [0.1, 0.15) is 5.60 Å². The Balaban J connectivity index is 2.20. The van der Waals surface area contributed by atoms with Gasteiger partial charge in [-0.3, -0.25) is 0 Å². The van der Waals surface area contributed by atoms with Gasteiger partial charge in [0.25, 0.3) is 0 Å². The standard InChI is InChI=1S/C11H11NO/c1-11(7-13-11)9-2-3-10-8(6-9)4-5-12-10/h2-6,12H,7H2,1H3. The van der Waals surface area contributed by atoms with Gasteiger partial charge in [0.15, 0.2) is 0 Å². The molecule has 1 aromatic carbocycles. The van der Waals surface area contributed by atoms with Crippen LogP contribution < -0.4 is 0 Å². The van der Waals surface area contributed by atoms with Gasteiger partial charge in [-0.1, -0.05) is 6.07 Å². The van der Waals surface area contributed by atoms with Crippen molar-refractivity contribution in [1.82, 2.24) is 4.98 Å². The molecule has 13 heavy (non-hydrogen) atoms. The Morgan fingerprint density at radius 1 is 1.38 bits per heavy atom. The summed E-state index contributed by atoms with van der Waals surface area (Å²) in [6.45, 7) is 2.98. The lowest BCUT2D eigenvalue weighted by Gasteiger charge is -2.04. The number of H-pyrrole nitrogens is 1. The predicted octanol–water partition coefficient (Wildman–Crippen LogP) is 2.41. The first kappa shape index (κ1) is 7.15.